The molecular weight excluding hydrogens is 599 g/mol. The summed E-state index contributed by atoms with van der Waals surface area (Å²) in [4.78, 5) is 29.1. The van der Waals surface area contributed by atoms with E-state index in [-0.39, 0.29) is 30.6 Å². The van der Waals surface area contributed by atoms with E-state index in [4.69, 9.17) is 0 Å². The van der Waals surface area contributed by atoms with Crippen LogP contribution in [0.15, 0.2) is 83.3 Å². The standard InChI is InChI=1S/C29H34BrFN4O4S/c1-21(2)32-29(37)27(18-22-9-6-5-7-10-22)34(19-23-11-8-12-24(30)17-23)28(36)20-35(40(38,39)33(3)4)26-15-13-25(31)14-16-26/h5-17,21,27H,18-20H2,1-4H3,(H,32,37)/t27-/m1/s1. The fourth-order valence-electron chi connectivity index (χ4n) is 4.09. The summed E-state index contributed by atoms with van der Waals surface area (Å²) in [5.41, 5.74) is 1.72. The Morgan fingerprint density at radius 2 is 1.55 bits per heavy atom. The van der Waals surface area contributed by atoms with Crippen molar-refractivity contribution in [1.29, 1.82) is 0 Å². The number of halogens is 2. The molecule has 0 radical (unpaired) electrons. The molecule has 0 saturated carbocycles. The molecule has 8 nitrogen and oxygen atoms in total. The normalized spacial score (nSPS) is 12.3. The van der Waals surface area contributed by atoms with Crippen LogP contribution >= 0.6 is 15.9 Å². The Morgan fingerprint density at radius 1 is 0.925 bits per heavy atom. The average Bonchev–Trinajstić information content (AvgIpc) is 2.89. The molecule has 0 heterocycles. The van der Waals surface area contributed by atoms with Crippen LogP contribution in [-0.2, 0) is 32.8 Å². The second-order valence-corrected chi connectivity index (χ2v) is 12.8. The number of benzene rings is 3. The van der Waals surface area contributed by atoms with E-state index in [0.717, 1.165) is 36.3 Å². The highest BCUT2D eigenvalue weighted by Crippen LogP contribution is 2.23. The van der Waals surface area contributed by atoms with Gasteiger partial charge in [-0.25, -0.2) is 8.70 Å². The van der Waals surface area contributed by atoms with Gasteiger partial charge in [0.05, 0.1) is 5.69 Å². The van der Waals surface area contributed by atoms with Gasteiger partial charge in [-0.15, -0.1) is 0 Å². The van der Waals surface area contributed by atoms with Crippen LogP contribution < -0.4 is 9.62 Å². The number of nitrogens with one attached hydrogen (secondary N) is 1. The van der Waals surface area contributed by atoms with Gasteiger partial charge in [0.2, 0.25) is 11.8 Å². The highest BCUT2D eigenvalue weighted by atomic mass is 79.9. The van der Waals surface area contributed by atoms with Crippen molar-refractivity contribution >= 4 is 43.6 Å². The molecule has 3 aromatic carbocycles. The Labute approximate surface area is 244 Å². The van der Waals surface area contributed by atoms with E-state index >= 15 is 0 Å². The molecular formula is C29H34BrFN4O4S. The molecule has 3 rings (SSSR count). The van der Waals surface area contributed by atoms with Crippen molar-refractivity contribution in [2.24, 2.45) is 0 Å². The molecule has 0 spiro atoms. The van der Waals surface area contributed by atoms with Crippen molar-refractivity contribution in [3.8, 4) is 0 Å². The zero-order valence-corrected chi connectivity index (χ0v) is 25.3. The molecule has 40 heavy (non-hydrogen) atoms. The van der Waals surface area contributed by atoms with E-state index < -0.39 is 34.5 Å². The average molecular weight is 634 g/mol. The summed E-state index contributed by atoms with van der Waals surface area (Å²) in [5, 5.41) is 2.91. The number of carbonyl (C=O) groups is 2. The van der Waals surface area contributed by atoms with Gasteiger partial charge in [0.1, 0.15) is 18.4 Å². The molecule has 0 aliphatic rings. The van der Waals surface area contributed by atoms with Crippen molar-refractivity contribution in [1.82, 2.24) is 14.5 Å². The maximum absolute atomic E-state index is 14.1. The molecule has 1 atom stereocenters. The van der Waals surface area contributed by atoms with Gasteiger partial charge in [0.15, 0.2) is 0 Å². The summed E-state index contributed by atoms with van der Waals surface area (Å²) in [7, 11) is -1.45. The second kappa shape index (κ2) is 13.9. The molecule has 1 N–H and O–H groups in total. The lowest BCUT2D eigenvalue weighted by molar-refractivity contribution is -0.140. The third kappa shape index (κ3) is 8.36. The van der Waals surface area contributed by atoms with Crippen molar-refractivity contribution < 1.29 is 22.4 Å². The van der Waals surface area contributed by atoms with E-state index in [1.54, 1.807) is 0 Å². The molecule has 0 unspecified atom stereocenters. The van der Waals surface area contributed by atoms with E-state index in [0.29, 0.717) is 0 Å². The fraction of sp³-hybridized carbons (Fsp3) is 0.310. The Hall–Kier alpha value is -3.28. The lowest BCUT2D eigenvalue weighted by atomic mass is 10.0. The summed E-state index contributed by atoms with van der Waals surface area (Å²) >= 11 is 3.45. The quantitative estimate of drug-likeness (QED) is 0.321. The number of anilines is 1. The van der Waals surface area contributed by atoms with Crippen molar-refractivity contribution in [3.63, 3.8) is 0 Å². The third-order valence-electron chi connectivity index (χ3n) is 6.08. The molecule has 11 heteroatoms. The Balaban J connectivity index is 2.09. The molecule has 214 valence electrons. The minimum absolute atomic E-state index is 0.0561. The molecule has 3 aromatic rings. The lowest BCUT2D eigenvalue weighted by Gasteiger charge is -2.34. The van der Waals surface area contributed by atoms with Crippen LogP contribution in [0.3, 0.4) is 0 Å². The number of nitrogens with zero attached hydrogens (tertiary/aromatic N) is 3. The van der Waals surface area contributed by atoms with Gasteiger partial charge in [-0.1, -0.05) is 58.4 Å². The summed E-state index contributed by atoms with van der Waals surface area (Å²) < 4.78 is 43.0. The number of carbonyl (C=O) groups excluding carboxylic acids is 2. The molecule has 2 amide bonds. The number of amides is 2. The SMILES string of the molecule is CC(C)NC(=O)[C@@H](Cc1ccccc1)N(Cc1cccc(Br)c1)C(=O)CN(c1ccc(F)cc1)S(=O)(=O)N(C)C. The van der Waals surface area contributed by atoms with Crippen LogP contribution in [0, 0.1) is 5.82 Å². The minimum atomic E-state index is -4.15. The van der Waals surface area contributed by atoms with Gasteiger partial charge in [0, 0.05) is 37.6 Å². The molecule has 0 aromatic heterocycles. The summed E-state index contributed by atoms with van der Waals surface area (Å²) in [6, 6.07) is 20.4. The van der Waals surface area contributed by atoms with Crippen LogP contribution in [0.4, 0.5) is 10.1 Å². The maximum atomic E-state index is 14.1. The first-order valence-corrected chi connectivity index (χ1v) is 14.9. The largest absolute Gasteiger partial charge is 0.352 e. The number of hydrogen-bond acceptors (Lipinski definition) is 4. The smallest absolute Gasteiger partial charge is 0.304 e. The molecule has 0 saturated heterocycles. The second-order valence-electron chi connectivity index (χ2n) is 9.79. The van der Waals surface area contributed by atoms with Gasteiger partial charge < -0.3 is 10.2 Å². The fourth-order valence-corrected chi connectivity index (χ4v) is 5.59. The van der Waals surface area contributed by atoms with Crippen LogP contribution in [-0.4, -0.2) is 62.2 Å². The van der Waals surface area contributed by atoms with E-state index in [1.165, 1.54) is 31.1 Å². The summed E-state index contributed by atoms with van der Waals surface area (Å²) in [6.45, 7) is 3.12. The molecule has 0 aliphatic carbocycles. The van der Waals surface area contributed by atoms with Crippen molar-refractivity contribution in [2.75, 3.05) is 24.9 Å². The molecule has 0 fully saturated rings. The Kier molecular flexibility index (Phi) is 10.8. The minimum Gasteiger partial charge on any atom is -0.352 e. The first-order chi connectivity index (χ1) is 18.9. The zero-order valence-electron chi connectivity index (χ0n) is 22.9. The number of rotatable bonds is 12. The van der Waals surface area contributed by atoms with Gasteiger partial charge in [-0.05, 0) is 61.4 Å². The first kappa shape index (κ1) is 31.3. The van der Waals surface area contributed by atoms with Gasteiger partial charge in [0.25, 0.3) is 0 Å². The van der Waals surface area contributed by atoms with Gasteiger partial charge in [-0.2, -0.15) is 12.7 Å². The first-order valence-electron chi connectivity index (χ1n) is 12.7. The van der Waals surface area contributed by atoms with E-state index in [2.05, 4.69) is 21.2 Å². The van der Waals surface area contributed by atoms with E-state index in [1.807, 2.05) is 68.4 Å². The highest BCUT2D eigenvalue weighted by molar-refractivity contribution is 9.10. The maximum Gasteiger partial charge on any atom is 0.304 e. The van der Waals surface area contributed by atoms with Crippen LogP contribution in [0.25, 0.3) is 0 Å². The lowest BCUT2D eigenvalue weighted by Crippen LogP contribution is -2.55. The monoisotopic (exact) mass is 632 g/mol. The Morgan fingerprint density at radius 3 is 2.12 bits per heavy atom. The summed E-state index contributed by atoms with van der Waals surface area (Å²) in [5.74, 6) is -1.48. The van der Waals surface area contributed by atoms with Crippen LogP contribution in [0.1, 0.15) is 25.0 Å². The number of hydrogen-bond donors (Lipinski definition) is 1. The van der Waals surface area contributed by atoms with Crippen molar-refractivity contribution in [3.05, 3.63) is 100 Å². The Bertz CT molecular complexity index is 1400. The topological polar surface area (TPSA) is 90.0 Å². The summed E-state index contributed by atoms with van der Waals surface area (Å²) in [6.07, 6.45) is 0.218. The highest BCUT2D eigenvalue weighted by Gasteiger charge is 2.35. The van der Waals surface area contributed by atoms with Crippen LogP contribution in [0.2, 0.25) is 0 Å². The van der Waals surface area contributed by atoms with Gasteiger partial charge >= 0.3 is 10.2 Å². The third-order valence-corrected chi connectivity index (χ3v) is 8.39. The van der Waals surface area contributed by atoms with Crippen molar-refractivity contribution in [2.45, 2.75) is 38.9 Å². The van der Waals surface area contributed by atoms with Crippen LogP contribution in [0.5, 0.6) is 0 Å². The molecule has 0 aliphatic heterocycles. The predicted molar refractivity (Wildman–Crippen MR) is 158 cm³/mol. The van der Waals surface area contributed by atoms with E-state index in [9.17, 15) is 22.4 Å². The van der Waals surface area contributed by atoms with Gasteiger partial charge in [-0.3, -0.25) is 9.59 Å². The zero-order chi connectivity index (χ0) is 29.4. The molecule has 0 bridgehead atoms. The predicted octanol–water partition coefficient (Wildman–Crippen LogP) is 4.37.